The van der Waals surface area contributed by atoms with Gasteiger partial charge in [0.15, 0.2) is 5.13 Å². The number of ether oxygens (including phenoxy) is 1. The van der Waals surface area contributed by atoms with Gasteiger partial charge in [0, 0.05) is 0 Å². The van der Waals surface area contributed by atoms with Crippen LogP contribution in [0.5, 0.6) is 5.75 Å². The second-order valence-electron chi connectivity index (χ2n) is 5.20. The largest absolute Gasteiger partial charge is 0.497 e. The molecule has 1 aromatic heterocycles. The summed E-state index contributed by atoms with van der Waals surface area (Å²) in [5, 5.41) is 0.339. The van der Waals surface area contributed by atoms with E-state index in [2.05, 4.69) is 9.71 Å². The second-order valence-corrected chi connectivity index (χ2v) is 7.92. The van der Waals surface area contributed by atoms with Crippen molar-refractivity contribution in [3.8, 4) is 5.75 Å². The van der Waals surface area contributed by atoms with E-state index in [9.17, 15) is 8.42 Å². The van der Waals surface area contributed by atoms with Gasteiger partial charge in [-0.05, 0) is 55.3 Å². The summed E-state index contributed by atoms with van der Waals surface area (Å²) in [6.07, 6.45) is 0. The molecular weight excluding hydrogens is 332 g/mol. The molecule has 0 saturated carbocycles. The van der Waals surface area contributed by atoms with Gasteiger partial charge in [-0.2, -0.15) is 0 Å². The fourth-order valence-corrected chi connectivity index (χ4v) is 4.34. The summed E-state index contributed by atoms with van der Waals surface area (Å²) in [5.41, 5.74) is 2.71. The molecule has 0 radical (unpaired) electrons. The summed E-state index contributed by atoms with van der Waals surface area (Å²) in [4.78, 5) is 4.55. The third kappa shape index (κ3) is 3.16. The van der Waals surface area contributed by atoms with Crippen molar-refractivity contribution in [2.75, 3.05) is 11.8 Å². The average molecular weight is 348 g/mol. The van der Waals surface area contributed by atoms with Gasteiger partial charge in [-0.25, -0.2) is 13.4 Å². The number of sulfonamides is 1. The lowest BCUT2D eigenvalue weighted by Gasteiger charge is -2.07. The molecule has 1 N–H and O–H groups in total. The van der Waals surface area contributed by atoms with Crippen molar-refractivity contribution in [2.45, 2.75) is 18.7 Å². The van der Waals surface area contributed by atoms with Crippen LogP contribution in [0.1, 0.15) is 11.1 Å². The molecule has 5 nitrogen and oxygen atoms in total. The monoisotopic (exact) mass is 348 g/mol. The Kier molecular flexibility index (Phi) is 3.99. The topological polar surface area (TPSA) is 68.3 Å². The van der Waals surface area contributed by atoms with Crippen LogP contribution in [0.25, 0.3) is 10.2 Å². The molecule has 0 spiro atoms. The zero-order valence-corrected chi connectivity index (χ0v) is 14.6. The van der Waals surface area contributed by atoms with Crippen molar-refractivity contribution >= 4 is 36.7 Å². The Bertz CT molecular complexity index is 978. The molecule has 0 unspecified atom stereocenters. The van der Waals surface area contributed by atoms with Crippen LogP contribution in [0.3, 0.4) is 0 Å². The number of methoxy groups -OCH3 is 1. The number of thiazole rings is 1. The number of fused-ring (bicyclic) bond motifs is 1. The first-order valence-electron chi connectivity index (χ1n) is 6.94. The Hall–Kier alpha value is -2.12. The number of rotatable bonds is 4. The lowest BCUT2D eigenvalue weighted by Crippen LogP contribution is -2.13. The SMILES string of the molecule is COc1ccc2nc(NS(=O)(=O)c3ccc(C)c(C)c3)sc2c1. The number of aryl methyl sites for hydroxylation is 2. The Balaban J connectivity index is 1.95. The first kappa shape index (κ1) is 15.8. The van der Waals surface area contributed by atoms with E-state index in [-0.39, 0.29) is 4.90 Å². The molecule has 3 rings (SSSR count). The molecule has 0 saturated heterocycles. The number of aromatic nitrogens is 1. The zero-order chi connectivity index (χ0) is 16.6. The van der Waals surface area contributed by atoms with Crippen molar-refractivity contribution < 1.29 is 13.2 Å². The standard InChI is InChI=1S/C16H16N2O3S2/c1-10-4-6-13(8-11(10)2)23(19,20)18-16-17-14-7-5-12(21-3)9-15(14)22-16/h4-9H,1-3H3,(H,17,18). The van der Waals surface area contributed by atoms with Gasteiger partial charge in [0.1, 0.15) is 5.75 Å². The molecule has 3 aromatic rings. The highest BCUT2D eigenvalue weighted by molar-refractivity contribution is 7.93. The van der Waals surface area contributed by atoms with Crippen molar-refractivity contribution in [1.29, 1.82) is 0 Å². The number of benzene rings is 2. The van der Waals surface area contributed by atoms with Crippen molar-refractivity contribution in [3.05, 3.63) is 47.5 Å². The minimum Gasteiger partial charge on any atom is -0.497 e. The van der Waals surface area contributed by atoms with E-state index in [4.69, 9.17) is 4.74 Å². The van der Waals surface area contributed by atoms with Gasteiger partial charge in [-0.15, -0.1) is 0 Å². The number of nitrogens with one attached hydrogen (secondary N) is 1. The maximum absolute atomic E-state index is 12.5. The van der Waals surface area contributed by atoms with Crippen LogP contribution in [0, 0.1) is 13.8 Å². The van der Waals surface area contributed by atoms with E-state index in [1.807, 2.05) is 19.9 Å². The lowest BCUT2D eigenvalue weighted by molar-refractivity contribution is 0.415. The first-order valence-corrected chi connectivity index (χ1v) is 9.24. The molecule has 0 fully saturated rings. The van der Waals surface area contributed by atoms with Gasteiger partial charge in [-0.1, -0.05) is 17.4 Å². The van der Waals surface area contributed by atoms with Gasteiger partial charge in [0.05, 0.1) is 22.2 Å². The van der Waals surface area contributed by atoms with E-state index < -0.39 is 10.0 Å². The molecule has 0 bridgehead atoms. The smallest absolute Gasteiger partial charge is 0.263 e. The summed E-state index contributed by atoms with van der Waals surface area (Å²) >= 11 is 1.27. The molecule has 0 aliphatic carbocycles. The molecule has 0 amide bonds. The zero-order valence-electron chi connectivity index (χ0n) is 13.0. The predicted octanol–water partition coefficient (Wildman–Crippen LogP) is 3.72. The highest BCUT2D eigenvalue weighted by Gasteiger charge is 2.17. The average Bonchev–Trinajstić information content (AvgIpc) is 2.90. The van der Waals surface area contributed by atoms with Gasteiger partial charge >= 0.3 is 0 Å². The quantitative estimate of drug-likeness (QED) is 0.780. The maximum Gasteiger partial charge on any atom is 0.263 e. The summed E-state index contributed by atoms with van der Waals surface area (Å²) in [7, 11) is -2.06. The van der Waals surface area contributed by atoms with Crippen LogP contribution >= 0.6 is 11.3 Å². The minimum atomic E-state index is -3.65. The fraction of sp³-hybridized carbons (Fsp3) is 0.188. The number of anilines is 1. The first-order chi connectivity index (χ1) is 10.9. The normalized spacial score (nSPS) is 11.6. The summed E-state index contributed by atoms with van der Waals surface area (Å²) in [5.74, 6) is 0.713. The predicted molar refractivity (Wildman–Crippen MR) is 92.9 cm³/mol. The molecule has 2 aromatic carbocycles. The van der Waals surface area contributed by atoms with Crippen molar-refractivity contribution in [3.63, 3.8) is 0 Å². The van der Waals surface area contributed by atoms with E-state index >= 15 is 0 Å². The van der Waals surface area contributed by atoms with Crippen molar-refractivity contribution in [1.82, 2.24) is 4.98 Å². The highest BCUT2D eigenvalue weighted by atomic mass is 32.2. The molecule has 7 heteroatoms. The van der Waals surface area contributed by atoms with Gasteiger partial charge in [0.2, 0.25) is 0 Å². The van der Waals surface area contributed by atoms with Crippen LogP contribution in [0.4, 0.5) is 5.13 Å². The fourth-order valence-electron chi connectivity index (χ4n) is 2.13. The highest BCUT2D eigenvalue weighted by Crippen LogP contribution is 2.30. The third-order valence-corrected chi connectivity index (χ3v) is 6.01. The van der Waals surface area contributed by atoms with E-state index in [0.29, 0.717) is 10.9 Å². The summed E-state index contributed by atoms with van der Waals surface area (Å²) < 4.78 is 33.6. The van der Waals surface area contributed by atoms with E-state index in [1.165, 1.54) is 11.3 Å². The van der Waals surface area contributed by atoms with Crippen molar-refractivity contribution in [2.24, 2.45) is 0 Å². The Labute approximate surface area is 139 Å². The summed E-state index contributed by atoms with van der Waals surface area (Å²) in [6, 6.07) is 10.5. The van der Waals surface area contributed by atoms with Gasteiger partial charge in [-0.3, -0.25) is 4.72 Å². The summed E-state index contributed by atoms with van der Waals surface area (Å²) in [6.45, 7) is 3.83. The Morgan fingerprint density at radius 1 is 1.09 bits per heavy atom. The molecule has 0 aliphatic heterocycles. The second kappa shape index (κ2) is 5.82. The van der Waals surface area contributed by atoms with Gasteiger partial charge < -0.3 is 4.74 Å². The molecule has 120 valence electrons. The lowest BCUT2D eigenvalue weighted by atomic mass is 10.1. The third-order valence-electron chi connectivity index (χ3n) is 3.61. The van der Waals surface area contributed by atoms with Crippen LogP contribution < -0.4 is 9.46 Å². The van der Waals surface area contributed by atoms with E-state index in [1.54, 1.807) is 37.4 Å². The number of nitrogens with zero attached hydrogens (tertiary/aromatic N) is 1. The minimum absolute atomic E-state index is 0.234. The molecule has 23 heavy (non-hydrogen) atoms. The molecule has 1 heterocycles. The Morgan fingerprint density at radius 3 is 2.57 bits per heavy atom. The number of hydrogen-bond donors (Lipinski definition) is 1. The van der Waals surface area contributed by atoms with Crippen LogP contribution in [-0.4, -0.2) is 20.5 Å². The van der Waals surface area contributed by atoms with Crippen LogP contribution in [0.2, 0.25) is 0 Å². The van der Waals surface area contributed by atoms with Crippen LogP contribution in [0.15, 0.2) is 41.3 Å². The molecule has 0 aliphatic rings. The van der Waals surface area contributed by atoms with E-state index in [0.717, 1.165) is 21.3 Å². The number of hydrogen-bond acceptors (Lipinski definition) is 5. The molecular formula is C16H16N2O3S2. The maximum atomic E-state index is 12.5. The Morgan fingerprint density at radius 2 is 1.87 bits per heavy atom. The van der Waals surface area contributed by atoms with Crippen LogP contribution in [-0.2, 0) is 10.0 Å². The molecule has 0 atom stereocenters. The van der Waals surface area contributed by atoms with Gasteiger partial charge in [0.25, 0.3) is 10.0 Å².